The molecule has 6 rings (SSSR count). The minimum absolute atomic E-state index is 0.0377. The van der Waals surface area contributed by atoms with Crippen LogP contribution in [0.15, 0.2) is 35.5 Å². The van der Waals surface area contributed by atoms with Gasteiger partial charge in [0.25, 0.3) is 11.8 Å². The number of aromatic hydroxyl groups is 2. The Hall–Kier alpha value is -5.04. The number of ketones is 2. The molecule has 270 valence electrons. The van der Waals surface area contributed by atoms with Gasteiger partial charge in [-0.05, 0) is 13.0 Å². The zero-order chi connectivity index (χ0) is 36.9. The molecular formula is C34H36N4O13. The van der Waals surface area contributed by atoms with Crippen LogP contribution in [-0.4, -0.2) is 116 Å². The Labute approximate surface area is 289 Å². The summed E-state index contributed by atoms with van der Waals surface area (Å²) in [6.45, 7) is 0.373. The number of amides is 3. The molecule has 0 saturated carbocycles. The number of hydrogen-bond acceptors (Lipinski definition) is 15. The van der Waals surface area contributed by atoms with E-state index in [1.807, 2.05) is 0 Å². The number of nitrogens with one attached hydrogen (secondary N) is 1. The maximum atomic E-state index is 13.9. The Balaban J connectivity index is 1.39. The summed E-state index contributed by atoms with van der Waals surface area (Å²) < 4.78 is 17.3. The van der Waals surface area contributed by atoms with E-state index in [1.54, 1.807) is 6.92 Å². The molecule has 8 N–H and O–H groups in total. The van der Waals surface area contributed by atoms with Crippen molar-refractivity contribution in [1.29, 1.82) is 0 Å². The molecule has 0 spiro atoms. The van der Waals surface area contributed by atoms with Gasteiger partial charge >= 0.3 is 0 Å². The van der Waals surface area contributed by atoms with E-state index < -0.39 is 113 Å². The number of fused-ring (bicyclic) bond motifs is 3. The Morgan fingerprint density at radius 1 is 1.10 bits per heavy atom. The highest BCUT2D eigenvalue weighted by atomic mass is 16.7. The number of imide groups is 1. The number of ether oxygens (including phenoxy) is 3. The first-order valence-electron chi connectivity index (χ1n) is 16.0. The van der Waals surface area contributed by atoms with E-state index in [-0.39, 0.29) is 47.4 Å². The topological polar surface area (TPSA) is 268 Å². The molecule has 2 aromatic carbocycles. The number of methoxy groups -OCH3 is 1. The highest BCUT2D eigenvalue weighted by Crippen LogP contribution is 2.52. The van der Waals surface area contributed by atoms with Gasteiger partial charge < -0.3 is 45.5 Å². The van der Waals surface area contributed by atoms with Crippen LogP contribution in [0.4, 0.5) is 0 Å². The second kappa shape index (κ2) is 13.6. The van der Waals surface area contributed by atoms with Crippen molar-refractivity contribution in [2.45, 2.75) is 68.9 Å². The lowest BCUT2D eigenvalue weighted by Crippen LogP contribution is -2.53. The van der Waals surface area contributed by atoms with Crippen LogP contribution >= 0.6 is 0 Å². The van der Waals surface area contributed by atoms with Gasteiger partial charge in [0, 0.05) is 67.1 Å². The third-order valence-electron chi connectivity index (χ3n) is 9.61. The molecular weight excluding hydrogens is 672 g/mol. The van der Waals surface area contributed by atoms with Crippen molar-refractivity contribution in [1.82, 2.24) is 10.3 Å². The smallest absolute Gasteiger partial charge is 0.253 e. The molecule has 2 aliphatic carbocycles. The molecule has 2 aromatic rings. The zero-order valence-corrected chi connectivity index (χ0v) is 27.5. The van der Waals surface area contributed by atoms with Crippen LogP contribution in [0.25, 0.3) is 0 Å². The van der Waals surface area contributed by atoms with Crippen LogP contribution in [0, 0.1) is 0 Å². The molecule has 3 amide bonds. The average molecular weight is 709 g/mol. The number of carbonyl (C=O) groups is 5. The van der Waals surface area contributed by atoms with Gasteiger partial charge in [0.15, 0.2) is 12.1 Å². The molecule has 0 radical (unpaired) electrons. The second-order valence-electron chi connectivity index (χ2n) is 12.7. The van der Waals surface area contributed by atoms with E-state index >= 15 is 0 Å². The lowest BCUT2D eigenvalue weighted by atomic mass is 9.71. The molecule has 17 heteroatoms. The van der Waals surface area contributed by atoms with E-state index in [2.05, 4.69) is 10.5 Å². The van der Waals surface area contributed by atoms with E-state index in [9.17, 15) is 49.5 Å². The number of hydrogen-bond donors (Lipinski definition) is 7. The number of phenolic OH excluding ortho intramolecular Hbond substituents is 2. The van der Waals surface area contributed by atoms with Crippen LogP contribution in [0.3, 0.4) is 0 Å². The standard InChI is InChI=1S/C34H36N4O13/c1-14-29(43)17(35)10-24(50-14)51-19-12-34(48,20(13-39)36-37-21(40)8-9-38-22(41)6-7-23(38)42)11-16-26(19)33(47)28-27(31(16)45)30(44)15-4-3-5-18(49-2)25(15)32(28)46/h3-7,14,17,19,24,29,39,43,45,47-48H,8-13,35H2,1-2H3,(H,37,40)/b36-20+/t14?,17?,19-,24?,29?,34-/m0/s1. The molecule has 0 aromatic heterocycles. The number of hydrazone groups is 1. The SMILES string of the molecule is COc1cccc2c1C(=O)c1c(O)c3c(c(O)c1C2=O)C[C@@](O)(/C(CO)=N/NC(=O)CCN1C(=O)C=CC1=O)C[C@@H]3OC1CC(N)C(O)C(C)O1. The summed E-state index contributed by atoms with van der Waals surface area (Å²) >= 11 is 0. The summed E-state index contributed by atoms with van der Waals surface area (Å²) in [5, 5.41) is 60.1. The molecule has 51 heavy (non-hydrogen) atoms. The molecule has 0 bridgehead atoms. The summed E-state index contributed by atoms with van der Waals surface area (Å²) in [4.78, 5) is 64.9. The van der Waals surface area contributed by atoms with Crippen LogP contribution < -0.4 is 15.9 Å². The number of aliphatic hydroxyl groups is 3. The number of nitrogens with zero attached hydrogens (tertiary/aromatic N) is 2. The fraction of sp³-hybridized carbons (Fsp3) is 0.412. The van der Waals surface area contributed by atoms with E-state index in [1.165, 1.54) is 25.3 Å². The molecule has 2 aliphatic heterocycles. The molecule has 1 saturated heterocycles. The van der Waals surface area contributed by atoms with Gasteiger partial charge in [-0.25, -0.2) is 5.43 Å². The number of nitrogens with two attached hydrogens (primary N) is 1. The Morgan fingerprint density at radius 3 is 2.43 bits per heavy atom. The normalized spacial score (nSPS) is 27.3. The highest BCUT2D eigenvalue weighted by Gasteiger charge is 2.49. The molecule has 17 nitrogen and oxygen atoms in total. The van der Waals surface area contributed by atoms with E-state index in [4.69, 9.17) is 19.9 Å². The summed E-state index contributed by atoms with van der Waals surface area (Å²) in [5.41, 5.74) is 4.05. The predicted molar refractivity (Wildman–Crippen MR) is 173 cm³/mol. The molecule has 6 atom stereocenters. The third-order valence-corrected chi connectivity index (χ3v) is 9.61. The summed E-state index contributed by atoms with van der Waals surface area (Å²) in [5.74, 6) is -4.95. The number of rotatable bonds is 9. The van der Waals surface area contributed by atoms with Crippen molar-refractivity contribution in [3.8, 4) is 17.2 Å². The quantitative estimate of drug-likeness (QED) is 0.0622. The summed E-state index contributed by atoms with van der Waals surface area (Å²) in [6, 6.07) is 3.52. The molecule has 4 aliphatic rings. The van der Waals surface area contributed by atoms with Gasteiger partial charge in [0.2, 0.25) is 11.7 Å². The first-order valence-corrected chi connectivity index (χ1v) is 16.0. The zero-order valence-electron chi connectivity index (χ0n) is 27.5. The fourth-order valence-electron chi connectivity index (χ4n) is 6.95. The van der Waals surface area contributed by atoms with E-state index in [0.29, 0.717) is 0 Å². The Kier molecular flexibility index (Phi) is 9.53. The van der Waals surface area contributed by atoms with Crippen LogP contribution in [0.2, 0.25) is 0 Å². The first-order chi connectivity index (χ1) is 24.2. The summed E-state index contributed by atoms with van der Waals surface area (Å²) in [6.07, 6.45) is -3.70. The average Bonchev–Trinajstić information content (AvgIpc) is 3.42. The Morgan fingerprint density at radius 2 is 1.78 bits per heavy atom. The largest absolute Gasteiger partial charge is 0.507 e. The Bertz CT molecular complexity index is 1880. The van der Waals surface area contributed by atoms with Gasteiger partial charge in [-0.1, -0.05) is 12.1 Å². The van der Waals surface area contributed by atoms with Crippen LogP contribution in [0.1, 0.15) is 75.3 Å². The number of aliphatic hydroxyl groups excluding tert-OH is 2. The van der Waals surface area contributed by atoms with Gasteiger partial charge in [-0.15, -0.1) is 0 Å². The number of phenols is 2. The summed E-state index contributed by atoms with van der Waals surface area (Å²) in [7, 11) is 1.31. The van der Waals surface area contributed by atoms with Gasteiger partial charge in [-0.2, -0.15) is 5.10 Å². The van der Waals surface area contributed by atoms with Crippen molar-refractivity contribution in [2.75, 3.05) is 20.3 Å². The van der Waals surface area contributed by atoms with Crippen molar-refractivity contribution in [3.63, 3.8) is 0 Å². The number of carbonyl (C=O) groups excluding carboxylic acids is 5. The van der Waals surface area contributed by atoms with Crippen LogP contribution in [-0.2, 0) is 30.3 Å². The molecule has 2 heterocycles. The second-order valence-corrected chi connectivity index (χ2v) is 12.7. The lowest BCUT2D eigenvalue weighted by molar-refractivity contribution is -0.245. The van der Waals surface area contributed by atoms with Gasteiger partial charge in [0.1, 0.15) is 22.8 Å². The maximum Gasteiger partial charge on any atom is 0.253 e. The molecule has 1 fully saturated rings. The minimum atomic E-state index is -2.21. The van der Waals surface area contributed by atoms with Crippen molar-refractivity contribution in [3.05, 3.63) is 63.7 Å². The van der Waals surface area contributed by atoms with Gasteiger partial charge in [-0.3, -0.25) is 28.9 Å². The highest BCUT2D eigenvalue weighted by molar-refractivity contribution is 6.31. The van der Waals surface area contributed by atoms with Gasteiger partial charge in [0.05, 0.1) is 54.4 Å². The maximum absolute atomic E-state index is 13.9. The fourth-order valence-corrected chi connectivity index (χ4v) is 6.95. The predicted octanol–water partition coefficient (Wildman–Crippen LogP) is -0.780. The van der Waals surface area contributed by atoms with Crippen molar-refractivity contribution in [2.24, 2.45) is 10.8 Å². The lowest BCUT2D eigenvalue weighted by Gasteiger charge is -2.43. The number of benzene rings is 2. The minimum Gasteiger partial charge on any atom is -0.507 e. The third kappa shape index (κ3) is 6.17. The first kappa shape index (κ1) is 35.8. The van der Waals surface area contributed by atoms with Crippen molar-refractivity contribution < 1.29 is 63.7 Å². The molecule has 4 unspecified atom stereocenters. The van der Waals surface area contributed by atoms with Crippen LogP contribution in [0.5, 0.6) is 17.2 Å². The monoisotopic (exact) mass is 708 g/mol. The van der Waals surface area contributed by atoms with E-state index in [0.717, 1.165) is 17.1 Å². The van der Waals surface area contributed by atoms with Crippen molar-refractivity contribution >= 4 is 35.0 Å².